The van der Waals surface area contributed by atoms with Crippen molar-refractivity contribution in [2.24, 2.45) is 7.05 Å². The van der Waals surface area contributed by atoms with Gasteiger partial charge in [-0.1, -0.05) is 7.92 Å². The molecule has 1 aliphatic rings. The van der Waals surface area contributed by atoms with Crippen molar-refractivity contribution in [2.75, 3.05) is 54.6 Å². The number of aromatic nitrogens is 2. The van der Waals surface area contributed by atoms with Crippen LogP contribution >= 0.6 is 7.92 Å². The fraction of sp³-hybridized carbons (Fsp3) is 0.355. The van der Waals surface area contributed by atoms with Gasteiger partial charge in [0.05, 0.1) is 17.3 Å². The van der Waals surface area contributed by atoms with Gasteiger partial charge in [-0.05, 0) is 85.9 Å². The second-order valence-corrected chi connectivity index (χ2v) is 13.2. The predicted molar refractivity (Wildman–Crippen MR) is 164 cm³/mol. The molecule has 0 unspecified atom stereocenters. The van der Waals surface area contributed by atoms with E-state index < -0.39 is 29.7 Å². The number of piperazine rings is 1. The molecule has 42 heavy (non-hydrogen) atoms. The standard InChI is InChI=1S/C31H34F4N5OP/c1-18(37-27-7-6-20(32)12-26(27)30(34)35)23-13-21(33)14-25-24(23)16-29(38(3)31(25)41)40-10-8-39(9-11-40)22-15-28(42(4)5)19(2)36-17-22/h6-7,12-18,30,37H,8-11H2,1-5H3/t18-/m1/s1. The average Bonchev–Trinajstić information content (AvgIpc) is 2.96. The number of hydrogen-bond acceptors (Lipinski definition) is 5. The van der Waals surface area contributed by atoms with Gasteiger partial charge >= 0.3 is 0 Å². The van der Waals surface area contributed by atoms with Crippen LogP contribution in [0.2, 0.25) is 0 Å². The molecule has 1 N–H and O–H groups in total. The second-order valence-electron chi connectivity index (χ2n) is 10.9. The van der Waals surface area contributed by atoms with E-state index in [1.54, 1.807) is 14.0 Å². The van der Waals surface area contributed by atoms with Crippen molar-refractivity contribution in [3.05, 3.63) is 87.5 Å². The van der Waals surface area contributed by atoms with Crippen molar-refractivity contribution < 1.29 is 17.6 Å². The molecule has 2 aromatic heterocycles. The topological polar surface area (TPSA) is 53.4 Å². The molecule has 1 atom stereocenters. The molecule has 5 rings (SSSR count). The SMILES string of the molecule is Cc1ncc(N2CCN(c3cc4c([C@@H](C)Nc5ccc(F)cc5C(F)F)cc(F)cc4c(=O)n3C)CC2)cc1P(C)C. The molecule has 6 nitrogen and oxygen atoms in total. The van der Waals surface area contributed by atoms with Crippen molar-refractivity contribution in [2.45, 2.75) is 26.3 Å². The van der Waals surface area contributed by atoms with Crippen LogP contribution in [0.3, 0.4) is 0 Å². The summed E-state index contributed by atoms with van der Waals surface area (Å²) < 4.78 is 57.2. The summed E-state index contributed by atoms with van der Waals surface area (Å²) in [6.07, 6.45) is -0.986. The van der Waals surface area contributed by atoms with E-state index in [0.717, 1.165) is 36.6 Å². The Hall–Kier alpha value is -3.65. The van der Waals surface area contributed by atoms with Gasteiger partial charge in [-0.15, -0.1) is 0 Å². The van der Waals surface area contributed by atoms with Crippen LogP contribution in [-0.4, -0.2) is 49.1 Å². The van der Waals surface area contributed by atoms with Gasteiger partial charge in [-0.25, -0.2) is 17.6 Å². The predicted octanol–water partition coefficient (Wildman–Crippen LogP) is 6.32. The monoisotopic (exact) mass is 599 g/mol. The molecule has 1 fully saturated rings. The van der Waals surface area contributed by atoms with Gasteiger partial charge < -0.3 is 15.1 Å². The van der Waals surface area contributed by atoms with E-state index in [9.17, 15) is 22.4 Å². The lowest BCUT2D eigenvalue weighted by Crippen LogP contribution is -2.48. The molecule has 222 valence electrons. The Bertz CT molecular complexity index is 1680. The molecule has 3 heterocycles. The Labute approximate surface area is 243 Å². The summed E-state index contributed by atoms with van der Waals surface area (Å²) in [4.78, 5) is 22.5. The largest absolute Gasteiger partial charge is 0.378 e. The number of nitrogens with one attached hydrogen (secondary N) is 1. The third-order valence-corrected chi connectivity index (χ3v) is 9.33. The van der Waals surface area contributed by atoms with Gasteiger partial charge in [0.1, 0.15) is 17.5 Å². The molecular formula is C31H34F4N5OP. The molecule has 0 radical (unpaired) electrons. The molecule has 2 aromatic carbocycles. The quantitative estimate of drug-likeness (QED) is 0.199. The molecule has 1 aliphatic heterocycles. The zero-order chi connectivity index (χ0) is 30.3. The average molecular weight is 600 g/mol. The summed E-state index contributed by atoms with van der Waals surface area (Å²) >= 11 is 0. The third kappa shape index (κ3) is 5.82. The molecule has 0 bridgehead atoms. The first kappa shape index (κ1) is 29.8. The van der Waals surface area contributed by atoms with Crippen LogP contribution in [0, 0.1) is 18.6 Å². The van der Waals surface area contributed by atoms with E-state index in [1.165, 1.54) is 28.1 Å². The molecular weight excluding hydrogens is 565 g/mol. The number of aryl methyl sites for hydroxylation is 1. The van der Waals surface area contributed by atoms with Crippen LogP contribution in [0.1, 0.15) is 36.2 Å². The van der Waals surface area contributed by atoms with Gasteiger partial charge in [0.25, 0.3) is 12.0 Å². The normalized spacial score (nSPS) is 14.7. The van der Waals surface area contributed by atoms with Crippen molar-refractivity contribution in [1.82, 2.24) is 9.55 Å². The maximum absolute atomic E-state index is 14.8. The Morgan fingerprint density at radius 2 is 1.57 bits per heavy atom. The molecule has 1 saturated heterocycles. The van der Waals surface area contributed by atoms with Crippen LogP contribution < -0.4 is 26.0 Å². The number of pyridine rings is 2. The summed E-state index contributed by atoms with van der Waals surface area (Å²) in [6, 6.07) is 9.07. The highest BCUT2D eigenvalue weighted by Crippen LogP contribution is 2.34. The maximum atomic E-state index is 14.8. The fourth-order valence-corrected chi connectivity index (χ4v) is 6.73. The number of halogens is 4. The molecule has 11 heteroatoms. The number of hydrogen-bond donors (Lipinski definition) is 1. The number of nitrogens with zero attached hydrogens (tertiary/aromatic N) is 4. The Balaban J connectivity index is 1.46. The number of rotatable bonds is 7. The van der Waals surface area contributed by atoms with Gasteiger partial charge in [0, 0.05) is 56.2 Å². The second kappa shape index (κ2) is 11.9. The number of anilines is 3. The van der Waals surface area contributed by atoms with Crippen molar-refractivity contribution >= 4 is 41.2 Å². The first-order chi connectivity index (χ1) is 19.9. The maximum Gasteiger partial charge on any atom is 0.265 e. The van der Waals surface area contributed by atoms with E-state index in [4.69, 9.17) is 0 Å². The van der Waals surface area contributed by atoms with Crippen LogP contribution in [0.25, 0.3) is 10.8 Å². The third-order valence-electron chi connectivity index (χ3n) is 7.91. The smallest absolute Gasteiger partial charge is 0.265 e. The van der Waals surface area contributed by atoms with E-state index in [-0.39, 0.29) is 24.6 Å². The lowest BCUT2D eigenvalue weighted by Gasteiger charge is -2.38. The van der Waals surface area contributed by atoms with Crippen LogP contribution in [-0.2, 0) is 7.05 Å². The summed E-state index contributed by atoms with van der Waals surface area (Å²) in [5.41, 5.74) is 1.80. The van der Waals surface area contributed by atoms with Crippen molar-refractivity contribution in [3.8, 4) is 0 Å². The molecule has 0 spiro atoms. The number of alkyl halides is 2. The van der Waals surface area contributed by atoms with Crippen LogP contribution in [0.4, 0.5) is 34.8 Å². The summed E-state index contributed by atoms with van der Waals surface area (Å²) in [7, 11) is 1.39. The summed E-state index contributed by atoms with van der Waals surface area (Å²) in [5.74, 6) is -0.685. The van der Waals surface area contributed by atoms with E-state index in [0.29, 0.717) is 29.9 Å². The Morgan fingerprint density at radius 3 is 2.24 bits per heavy atom. The van der Waals surface area contributed by atoms with Crippen molar-refractivity contribution in [3.63, 3.8) is 0 Å². The van der Waals surface area contributed by atoms with Crippen LogP contribution in [0.5, 0.6) is 0 Å². The minimum atomic E-state index is -2.90. The Kier molecular flexibility index (Phi) is 8.46. The highest BCUT2D eigenvalue weighted by Gasteiger charge is 2.24. The van der Waals surface area contributed by atoms with Crippen molar-refractivity contribution in [1.29, 1.82) is 0 Å². The van der Waals surface area contributed by atoms with Gasteiger partial charge in [0.2, 0.25) is 0 Å². The zero-order valence-electron chi connectivity index (χ0n) is 24.3. The number of benzene rings is 2. The van der Waals surface area contributed by atoms with Gasteiger partial charge in [-0.3, -0.25) is 14.3 Å². The Morgan fingerprint density at radius 1 is 0.905 bits per heavy atom. The molecule has 0 aliphatic carbocycles. The fourth-order valence-electron chi connectivity index (χ4n) is 5.64. The molecule has 0 saturated carbocycles. The molecule has 0 amide bonds. The highest BCUT2D eigenvalue weighted by molar-refractivity contribution is 7.64. The van der Waals surface area contributed by atoms with E-state index in [2.05, 4.69) is 39.5 Å². The first-order valence-electron chi connectivity index (χ1n) is 13.8. The minimum Gasteiger partial charge on any atom is -0.378 e. The molecule has 4 aromatic rings. The number of fused-ring (bicyclic) bond motifs is 1. The summed E-state index contributed by atoms with van der Waals surface area (Å²) in [6.45, 7) is 11.0. The van der Waals surface area contributed by atoms with Gasteiger partial charge in [0.15, 0.2) is 0 Å². The van der Waals surface area contributed by atoms with E-state index in [1.807, 2.05) is 19.2 Å². The summed E-state index contributed by atoms with van der Waals surface area (Å²) in [5, 5.41) is 5.00. The van der Waals surface area contributed by atoms with Crippen LogP contribution in [0.15, 0.2) is 53.5 Å². The first-order valence-corrected chi connectivity index (χ1v) is 16.0. The minimum absolute atomic E-state index is 0.0453. The zero-order valence-corrected chi connectivity index (χ0v) is 25.2. The lowest BCUT2D eigenvalue weighted by molar-refractivity contribution is 0.151. The van der Waals surface area contributed by atoms with E-state index >= 15 is 0 Å². The lowest BCUT2D eigenvalue weighted by atomic mass is 9.99. The highest BCUT2D eigenvalue weighted by atomic mass is 31.1. The van der Waals surface area contributed by atoms with Gasteiger partial charge in [-0.2, -0.15) is 0 Å².